The van der Waals surface area contributed by atoms with Crippen molar-refractivity contribution in [3.63, 3.8) is 0 Å². The largest absolute Gasteiger partial charge is 0.508 e. The molecular formula is C29H38N4O8. The van der Waals surface area contributed by atoms with E-state index < -0.39 is 53.8 Å². The number of amides is 3. The molecule has 0 bridgehead atoms. The lowest BCUT2D eigenvalue weighted by atomic mass is 9.96. The molecule has 0 spiro atoms. The summed E-state index contributed by atoms with van der Waals surface area (Å²) in [6.07, 6.45) is 0.0172. The van der Waals surface area contributed by atoms with E-state index in [1.54, 1.807) is 49.4 Å². The van der Waals surface area contributed by atoms with Gasteiger partial charge in [0.15, 0.2) is 0 Å². The predicted molar refractivity (Wildman–Crippen MR) is 150 cm³/mol. The van der Waals surface area contributed by atoms with E-state index >= 15 is 0 Å². The molecule has 0 fully saturated rings. The number of benzene rings is 2. The topological polar surface area (TPSA) is 208 Å². The van der Waals surface area contributed by atoms with Gasteiger partial charge in [0.2, 0.25) is 17.7 Å². The average Bonchev–Trinajstić information content (AvgIpc) is 2.94. The van der Waals surface area contributed by atoms with Crippen molar-refractivity contribution in [3.8, 4) is 5.75 Å². The number of hydrogen-bond donors (Lipinski definition) is 7. The molecule has 0 aliphatic heterocycles. The fourth-order valence-corrected chi connectivity index (χ4v) is 4.03. The third-order valence-electron chi connectivity index (χ3n) is 6.71. The van der Waals surface area contributed by atoms with Crippen LogP contribution in [0, 0.1) is 5.92 Å². The van der Waals surface area contributed by atoms with Gasteiger partial charge in [0.05, 0.1) is 6.04 Å². The van der Waals surface area contributed by atoms with Crippen molar-refractivity contribution >= 4 is 29.7 Å². The predicted octanol–water partition coefficient (Wildman–Crippen LogP) is 0.955. The number of phenols is 1. The second-order valence-corrected chi connectivity index (χ2v) is 9.93. The number of nitrogens with one attached hydrogen (secondary N) is 3. The highest BCUT2D eigenvalue weighted by molar-refractivity contribution is 5.94. The van der Waals surface area contributed by atoms with E-state index in [4.69, 9.17) is 10.8 Å². The van der Waals surface area contributed by atoms with Crippen LogP contribution in [0.4, 0.5) is 0 Å². The molecule has 2 aromatic carbocycles. The number of carbonyl (C=O) groups excluding carboxylic acids is 3. The van der Waals surface area contributed by atoms with Crippen LogP contribution in [0.2, 0.25) is 0 Å². The van der Waals surface area contributed by atoms with Crippen LogP contribution in [0.15, 0.2) is 54.6 Å². The van der Waals surface area contributed by atoms with Gasteiger partial charge < -0.3 is 37.0 Å². The quantitative estimate of drug-likeness (QED) is 0.153. The Hall–Kier alpha value is -4.45. The van der Waals surface area contributed by atoms with Crippen LogP contribution < -0.4 is 21.7 Å². The Kier molecular flexibility index (Phi) is 12.8. The first-order valence-corrected chi connectivity index (χ1v) is 13.3. The maximum Gasteiger partial charge on any atom is 0.326 e. The molecule has 0 aliphatic carbocycles. The summed E-state index contributed by atoms with van der Waals surface area (Å²) in [5.74, 6) is -4.88. The highest BCUT2D eigenvalue weighted by Gasteiger charge is 2.32. The minimum absolute atomic E-state index is 0.00590. The van der Waals surface area contributed by atoms with Crippen LogP contribution in [0.25, 0.3) is 0 Å². The van der Waals surface area contributed by atoms with Crippen molar-refractivity contribution in [2.75, 3.05) is 0 Å². The minimum Gasteiger partial charge on any atom is -0.508 e. The summed E-state index contributed by atoms with van der Waals surface area (Å²) in [6.45, 7) is 3.53. The van der Waals surface area contributed by atoms with E-state index in [9.17, 15) is 34.2 Å². The van der Waals surface area contributed by atoms with Crippen LogP contribution in [0.1, 0.15) is 44.2 Å². The molecule has 0 aromatic heterocycles. The Morgan fingerprint density at radius 3 is 1.90 bits per heavy atom. The normalized spacial score (nSPS) is 14.5. The number of rotatable bonds is 16. The van der Waals surface area contributed by atoms with Gasteiger partial charge in [-0.15, -0.1) is 0 Å². The van der Waals surface area contributed by atoms with Gasteiger partial charge in [-0.1, -0.05) is 62.7 Å². The summed E-state index contributed by atoms with van der Waals surface area (Å²) in [7, 11) is 0. The Bertz CT molecular complexity index is 1190. The van der Waals surface area contributed by atoms with Crippen LogP contribution in [0.3, 0.4) is 0 Å². The maximum atomic E-state index is 13.4. The second kappa shape index (κ2) is 16.0. The molecule has 2 aromatic rings. The molecule has 0 heterocycles. The maximum absolute atomic E-state index is 13.4. The van der Waals surface area contributed by atoms with Crippen molar-refractivity contribution < 1.29 is 39.3 Å². The van der Waals surface area contributed by atoms with Crippen molar-refractivity contribution in [2.24, 2.45) is 11.7 Å². The number of aromatic hydroxyl groups is 1. The summed E-state index contributed by atoms with van der Waals surface area (Å²) in [5.41, 5.74) is 7.09. The summed E-state index contributed by atoms with van der Waals surface area (Å²) < 4.78 is 0. The summed E-state index contributed by atoms with van der Waals surface area (Å²) in [4.78, 5) is 62.3. The molecule has 0 radical (unpaired) electrons. The Morgan fingerprint density at radius 2 is 1.34 bits per heavy atom. The number of hydrogen-bond acceptors (Lipinski definition) is 7. The molecule has 5 unspecified atom stereocenters. The number of carboxylic acid groups (broad SMARTS) is 2. The Morgan fingerprint density at radius 1 is 0.780 bits per heavy atom. The van der Waals surface area contributed by atoms with Crippen LogP contribution in [-0.2, 0) is 36.8 Å². The molecule has 12 nitrogen and oxygen atoms in total. The standard InChI is InChI=1S/C29H38N4O8/c1-3-17(2)25(33-26(37)21(30)13-14-24(35)36)28(39)31-22(15-19-9-11-20(34)12-10-19)27(38)32-23(29(40)41)16-18-7-5-4-6-8-18/h4-12,17,21-23,25,34H,3,13-16,30H2,1-2H3,(H,31,39)(H,32,38)(H,33,37)(H,35,36)(H,40,41). The first-order chi connectivity index (χ1) is 19.4. The lowest BCUT2D eigenvalue weighted by Gasteiger charge is -2.28. The number of nitrogens with two attached hydrogens (primary N) is 1. The van der Waals surface area contributed by atoms with Gasteiger partial charge in [0.1, 0.15) is 23.9 Å². The van der Waals surface area contributed by atoms with Gasteiger partial charge in [-0.25, -0.2) is 4.79 Å². The van der Waals surface area contributed by atoms with E-state index in [1.807, 2.05) is 6.92 Å². The van der Waals surface area contributed by atoms with E-state index in [-0.39, 0.29) is 37.4 Å². The Balaban J connectivity index is 2.27. The second-order valence-electron chi connectivity index (χ2n) is 9.93. The van der Waals surface area contributed by atoms with Crippen molar-refractivity contribution in [1.82, 2.24) is 16.0 Å². The fraction of sp³-hybridized carbons (Fsp3) is 0.414. The highest BCUT2D eigenvalue weighted by atomic mass is 16.4. The lowest BCUT2D eigenvalue weighted by Crippen LogP contribution is -2.59. The molecule has 41 heavy (non-hydrogen) atoms. The number of carboxylic acids is 2. The van der Waals surface area contributed by atoms with Gasteiger partial charge in [-0.05, 0) is 35.6 Å². The van der Waals surface area contributed by atoms with Crippen LogP contribution in [0.5, 0.6) is 5.75 Å². The third kappa shape index (κ3) is 10.9. The fourth-order valence-electron chi connectivity index (χ4n) is 4.03. The molecular weight excluding hydrogens is 532 g/mol. The van der Waals surface area contributed by atoms with E-state index in [0.717, 1.165) is 0 Å². The zero-order valence-electron chi connectivity index (χ0n) is 23.1. The number of aliphatic carboxylic acids is 2. The van der Waals surface area contributed by atoms with E-state index in [2.05, 4.69) is 16.0 Å². The van der Waals surface area contributed by atoms with Gasteiger partial charge in [-0.2, -0.15) is 0 Å². The molecule has 8 N–H and O–H groups in total. The average molecular weight is 571 g/mol. The van der Waals surface area contributed by atoms with Crippen molar-refractivity contribution in [2.45, 2.75) is 70.1 Å². The van der Waals surface area contributed by atoms with Gasteiger partial charge in [-0.3, -0.25) is 19.2 Å². The van der Waals surface area contributed by atoms with E-state index in [0.29, 0.717) is 17.5 Å². The first kappa shape index (κ1) is 32.8. The highest BCUT2D eigenvalue weighted by Crippen LogP contribution is 2.14. The lowest BCUT2D eigenvalue weighted by molar-refractivity contribution is -0.142. The number of phenolic OH excluding ortho intramolecular Hbond substituents is 1. The summed E-state index contributed by atoms with van der Waals surface area (Å²) >= 11 is 0. The molecule has 3 amide bonds. The molecule has 0 saturated heterocycles. The zero-order valence-corrected chi connectivity index (χ0v) is 23.1. The van der Waals surface area contributed by atoms with E-state index in [1.165, 1.54) is 12.1 Å². The van der Waals surface area contributed by atoms with Gasteiger partial charge in [0, 0.05) is 19.3 Å². The molecule has 2 rings (SSSR count). The SMILES string of the molecule is CCC(C)C(NC(=O)C(N)CCC(=O)O)C(=O)NC(Cc1ccc(O)cc1)C(=O)NC(Cc1ccccc1)C(=O)O. The van der Waals surface area contributed by atoms with Crippen molar-refractivity contribution in [1.29, 1.82) is 0 Å². The summed E-state index contributed by atoms with van der Waals surface area (Å²) in [6, 6.07) is 9.96. The molecule has 222 valence electrons. The zero-order chi connectivity index (χ0) is 30.5. The summed E-state index contributed by atoms with van der Waals surface area (Å²) in [5, 5.41) is 36.0. The minimum atomic E-state index is -1.28. The monoisotopic (exact) mass is 570 g/mol. The van der Waals surface area contributed by atoms with Gasteiger partial charge >= 0.3 is 11.9 Å². The molecule has 5 atom stereocenters. The molecule has 0 aliphatic rings. The van der Waals surface area contributed by atoms with Crippen molar-refractivity contribution in [3.05, 3.63) is 65.7 Å². The van der Waals surface area contributed by atoms with Crippen LogP contribution >= 0.6 is 0 Å². The molecule has 0 saturated carbocycles. The third-order valence-corrected chi connectivity index (χ3v) is 6.71. The molecule has 12 heteroatoms. The van der Waals surface area contributed by atoms with Gasteiger partial charge in [0.25, 0.3) is 0 Å². The number of carbonyl (C=O) groups is 5. The smallest absolute Gasteiger partial charge is 0.326 e. The Labute approximate surface area is 238 Å². The van der Waals surface area contributed by atoms with Crippen LogP contribution in [-0.4, -0.2) is 69.1 Å². The first-order valence-electron chi connectivity index (χ1n) is 13.3.